The van der Waals surface area contributed by atoms with Crippen LogP contribution >= 0.6 is 15.9 Å². The van der Waals surface area contributed by atoms with Crippen molar-refractivity contribution < 1.29 is 19.0 Å². The van der Waals surface area contributed by atoms with E-state index in [2.05, 4.69) is 15.9 Å². The fraction of sp³-hybridized carbons (Fsp3) is 0.235. The molecule has 2 aromatic carbocycles. The van der Waals surface area contributed by atoms with E-state index >= 15 is 0 Å². The Bertz CT molecular complexity index is 690. The maximum Gasteiger partial charge on any atom is 0.264 e. The van der Waals surface area contributed by atoms with Crippen molar-refractivity contribution in [3.05, 3.63) is 52.5 Å². The lowest BCUT2D eigenvalue weighted by Crippen LogP contribution is -2.33. The SMILES string of the molecule is COCN(C(=O)c1cc(OC)ccc1OC)c1ccccc1Br. The Morgan fingerprint density at radius 2 is 1.83 bits per heavy atom. The summed E-state index contributed by atoms with van der Waals surface area (Å²) >= 11 is 3.47. The lowest BCUT2D eigenvalue weighted by atomic mass is 10.1. The fourth-order valence-corrected chi connectivity index (χ4v) is 2.66. The van der Waals surface area contributed by atoms with Gasteiger partial charge >= 0.3 is 0 Å². The summed E-state index contributed by atoms with van der Waals surface area (Å²) in [4.78, 5) is 14.6. The summed E-state index contributed by atoms with van der Waals surface area (Å²) in [6, 6.07) is 12.6. The number of carbonyl (C=O) groups is 1. The van der Waals surface area contributed by atoms with Gasteiger partial charge in [0, 0.05) is 11.6 Å². The average molecular weight is 380 g/mol. The first-order chi connectivity index (χ1) is 11.1. The zero-order valence-electron chi connectivity index (χ0n) is 13.2. The number of ether oxygens (including phenoxy) is 3. The highest BCUT2D eigenvalue weighted by Crippen LogP contribution is 2.30. The van der Waals surface area contributed by atoms with Crippen molar-refractivity contribution in [3.8, 4) is 11.5 Å². The van der Waals surface area contributed by atoms with Gasteiger partial charge in [0.15, 0.2) is 0 Å². The molecule has 23 heavy (non-hydrogen) atoms. The summed E-state index contributed by atoms with van der Waals surface area (Å²) in [5.41, 5.74) is 1.11. The fourth-order valence-electron chi connectivity index (χ4n) is 2.16. The van der Waals surface area contributed by atoms with Crippen LogP contribution in [0.1, 0.15) is 10.4 Å². The highest BCUT2D eigenvalue weighted by Gasteiger charge is 2.23. The molecule has 2 rings (SSSR count). The van der Waals surface area contributed by atoms with E-state index in [-0.39, 0.29) is 12.6 Å². The summed E-state index contributed by atoms with van der Waals surface area (Å²) in [6.45, 7) is 0.113. The van der Waals surface area contributed by atoms with Crippen molar-refractivity contribution >= 4 is 27.5 Å². The quantitative estimate of drug-likeness (QED) is 0.717. The van der Waals surface area contributed by atoms with Crippen LogP contribution in [0.2, 0.25) is 0 Å². The lowest BCUT2D eigenvalue weighted by molar-refractivity contribution is 0.0933. The van der Waals surface area contributed by atoms with Gasteiger partial charge in [0.25, 0.3) is 5.91 Å². The van der Waals surface area contributed by atoms with E-state index in [0.717, 1.165) is 4.47 Å². The number of methoxy groups -OCH3 is 3. The Morgan fingerprint density at radius 1 is 1.09 bits per heavy atom. The molecule has 0 radical (unpaired) electrons. The van der Waals surface area contributed by atoms with E-state index in [1.54, 1.807) is 32.4 Å². The molecule has 0 aliphatic heterocycles. The lowest BCUT2D eigenvalue weighted by Gasteiger charge is -2.24. The Morgan fingerprint density at radius 3 is 2.43 bits per heavy atom. The maximum absolute atomic E-state index is 13.0. The molecule has 0 spiro atoms. The predicted octanol–water partition coefficient (Wildman–Crippen LogP) is 3.72. The summed E-state index contributed by atoms with van der Waals surface area (Å²) in [5, 5.41) is 0. The molecule has 0 aliphatic carbocycles. The van der Waals surface area contributed by atoms with Crippen molar-refractivity contribution in [1.29, 1.82) is 0 Å². The summed E-state index contributed by atoms with van der Waals surface area (Å²) < 4.78 is 16.5. The first-order valence-electron chi connectivity index (χ1n) is 6.89. The number of hydrogen-bond acceptors (Lipinski definition) is 4. The third kappa shape index (κ3) is 3.83. The van der Waals surface area contributed by atoms with Crippen molar-refractivity contribution in [2.24, 2.45) is 0 Å². The molecule has 0 bridgehead atoms. The summed E-state index contributed by atoms with van der Waals surface area (Å²) in [5.74, 6) is 0.817. The summed E-state index contributed by atoms with van der Waals surface area (Å²) in [7, 11) is 4.62. The van der Waals surface area contributed by atoms with Crippen LogP contribution in [0.4, 0.5) is 5.69 Å². The number of rotatable bonds is 6. The molecule has 6 heteroatoms. The second kappa shape index (κ2) is 7.99. The van der Waals surface area contributed by atoms with Gasteiger partial charge in [0.1, 0.15) is 18.2 Å². The zero-order chi connectivity index (χ0) is 16.8. The monoisotopic (exact) mass is 379 g/mol. The number of para-hydroxylation sites is 1. The minimum atomic E-state index is -0.241. The molecular formula is C17H18BrNO4. The van der Waals surface area contributed by atoms with Crippen LogP contribution in [-0.4, -0.2) is 34.0 Å². The highest BCUT2D eigenvalue weighted by molar-refractivity contribution is 9.10. The topological polar surface area (TPSA) is 48.0 Å². The van der Waals surface area contributed by atoms with Crippen molar-refractivity contribution in [1.82, 2.24) is 0 Å². The normalized spacial score (nSPS) is 10.3. The van der Waals surface area contributed by atoms with Gasteiger partial charge in [-0.05, 0) is 46.3 Å². The molecule has 5 nitrogen and oxygen atoms in total. The zero-order valence-corrected chi connectivity index (χ0v) is 14.8. The molecule has 0 aliphatic rings. The highest BCUT2D eigenvalue weighted by atomic mass is 79.9. The van der Waals surface area contributed by atoms with E-state index in [9.17, 15) is 4.79 Å². The second-order valence-electron chi connectivity index (χ2n) is 4.67. The molecular weight excluding hydrogens is 362 g/mol. The molecule has 2 aromatic rings. The van der Waals surface area contributed by atoms with E-state index < -0.39 is 0 Å². The molecule has 0 unspecified atom stereocenters. The van der Waals surface area contributed by atoms with Gasteiger partial charge in [0.05, 0.1) is 25.5 Å². The van der Waals surface area contributed by atoms with Gasteiger partial charge in [-0.2, -0.15) is 0 Å². The smallest absolute Gasteiger partial charge is 0.264 e. The standard InChI is InChI=1S/C17H18BrNO4/c1-21-11-19(15-7-5-4-6-14(15)18)17(20)13-10-12(22-2)8-9-16(13)23-3/h4-10H,11H2,1-3H3. The summed E-state index contributed by atoms with van der Waals surface area (Å²) in [6.07, 6.45) is 0. The number of hydrogen-bond donors (Lipinski definition) is 0. The maximum atomic E-state index is 13.0. The number of halogens is 1. The van der Waals surface area contributed by atoms with Crippen LogP contribution < -0.4 is 14.4 Å². The Balaban J connectivity index is 2.48. The molecule has 0 fully saturated rings. The first kappa shape index (κ1) is 17.3. The Hall–Kier alpha value is -2.05. The minimum absolute atomic E-state index is 0.113. The molecule has 1 amide bonds. The van der Waals surface area contributed by atoms with Crippen molar-refractivity contribution in [3.63, 3.8) is 0 Å². The van der Waals surface area contributed by atoms with Gasteiger partial charge in [-0.1, -0.05) is 12.1 Å². The van der Waals surface area contributed by atoms with Crippen LogP contribution in [0.15, 0.2) is 46.9 Å². The molecule has 0 aromatic heterocycles. The molecule has 0 N–H and O–H groups in total. The van der Waals surface area contributed by atoms with E-state index in [0.29, 0.717) is 22.7 Å². The number of benzene rings is 2. The number of nitrogens with zero attached hydrogens (tertiary/aromatic N) is 1. The van der Waals surface area contributed by atoms with E-state index in [1.807, 2.05) is 24.3 Å². The molecule has 0 heterocycles. The Kier molecular flexibility index (Phi) is 6.01. The number of anilines is 1. The molecule has 0 saturated carbocycles. The number of carbonyl (C=O) groups excluding carboxylic acids is 1. The Labute approximate surface area is 143 Å². The van der Waals surface area contributed by atoms with Crippen LogP contribution in [0.3, 0.4) is 0 Å². The molecule has 122 valence electrons. The third-order valence-electron chi connectivity index (χ3n) is 3.28. The van der Waals surface area contributed by atoms with Gasteiger partial charge in [0.2, 0.25) is 0 Å². The van der Waals surface area contributed by atoms with E-state index in [4.69, 9.17) is 14.2 Å². The third-order valence-corrected chi connectivity index (χ3v) is 3.95. The number of amides is 1. The van der Waals surface area contributed by atoms with Crippen LogP contribution in [0, 0.1) is 0 Å². The predicted molar refractivity (Wildman–Crippen MR) is 92.4 cm³/mol. The minimum Gasteiger partial charge on any atom is -0.497 e. The van der Waals surface area contributed by atoms with Gasteiger partial charge in [-0.25, -0.2) is 0 Å². The van der Waals surface area contributed by atoms with Crippen molar-refractivity contribution in [2.45, 2.75) is 0 Å². The van der Waals surface area contributed by atoms with Crippen molar-refractivity contribution in [2.75, 3.05) is 33.0 Å². The van der Waals surface area contributed by atoms with Crippen LogP contribution in [0.5, 0.6) is 11.5 Å². The van der Waals surface area contributed by atoms with E-state index in [1.165, 1.54) is 12.0 Å². The van der Waals surface area contributed by atoms with Gasteiger partial charge < -0.3 is 14.2 Å². The van der Waals surface area contributed by atoms with Gasteiger partial charge in [-0.3, -0.25) is 9.69 Å². The first-order valence-corrected chi connectivity index (χ1v) is 7.69. The average Bonchev–Trinajstić information content (AvgIpc) is 2.59. The molecule has 0 saturated heterocycles. The second-order valence-corrected chi connectivity index (χ2v) is 5.52. The van der Waals surface area contributed by atoms with Crippen LogP contribution in [0.25, 0.3) is 0 Å². The van der Waals surface area contributed by atoms with Crippen LogP contribution in [-0.2, 0) is 4.74 Å². The molecule has 0 atom stereocenters. The van der Waals surface area contributed by atoms with Gasteiger partial charge in [-0.15, -0.1) is 0 Å². The largest absolute Gasteiger partial charge is 0.497 e.